The highest BCUT2D eigenvalue weighted by atomic mass is 16.7. The Balaban J connectivity index is 2.31. The fraction of sp³-hybridized carbons (Fsp3) is 0.897. The maximum absolute atomic E-state index is 11.2. The molecule has 1 heterocycles. The Labute approximate surface area is 210 Å². The molecule has 0 aromatic heterocycles. The van der Waals surface area contributed by atoms with Gasteiger partial charge in [0.2, 0.25) is 6.41 Å². The Morgan fingerprint density at radius 3 is 2.21 bits per heavy atom. The van der Waals surface area contributed by atoms with Crippen LogP contribution >= 0.6 is 0 Å². The van der Waals surface area contributed by atoms with Gasteiger partial charge in [-0.15, -0.1) is 0 Å². The molecule has 0 radical (unpaired) electrons. The van der Waals surface area contributed by atoms with Crippen LogP contribution in [0.4, 0.5) is 0 Å². The fourth-order valence-corrected chi connectivity index (χ4v) is 4.40. The molecule has 0 spiro atoms. The summed E-state index contributed by atoms with van der Waals surface area (Å²) in [5.41, 5.74) is -0.249. The number of carbonyl (C=O) groups is 1. The van der Waals surface area contributed by atoms with Crippen LogP contribution in [0.2, 0.25) is 0 Å². The highest BCUT2D eigenvalue weighted by Crippen LogP contribution is 2.21. The normalized spacial score (nSPS) is 18.0. The van der Waals surface area contributed by atoms with E-state index in [0.717, 1.165) is 50.9 Å². The van der Waals surface area contributed by atoms with Crippen molar-refractivity contribution in [1.29, 1.82) is 0 Å². The van der Waals surface area contributed by atoms with Gasteiger partial charge in [0.1, 0.15) is 5.60 Å². The predicted octanol–water partition coefficient (Wildman–Crippen LogP) is 7.82. The number of amides is 1. The summed E-state index contributed by atoms with van der Waals surface area (Å²) >= 11 is 0. The van der Waals surface area contributed by atoms with Gasteiger partial charge in [-0.2, -0.15) is 0 Å². The molecule has 2 unspecified atom stereocenters. The zero-order valence-corrected chi connectivity index (χ0v) is 22.9. The van der Waals surface area contributed by atoms with E-state index < -0.39 is 0 Å². The molecule has 1 amide bonds. The first-order chi connectivity index (χ1) is 16.4. The van der Waals surface area contributed by atoms with Crippen LogP contribution in [-0.4, -0.2) is 37.6 Å². The number of allylic oxidation sites excluding steroid dienone is 1. The van der Waals surface area contributed by atoms with Crippen LogP contribution in [0.25, 0.3) is 0 Å². The van der Waals surface area contributed by atoms with Crippen molar-refractivity contribution >= 4 is 6.41 Å². The minimum absolute atomic E-state index is 0.00650. The van der Waals surface area contributed by atoms with Crippen molar-refractivity contribution in [2.75, 3.05) is 13.2 Å². The molecule has 1 N–H and O–H groups in total. The lowest BCUT2D eigenvalue weighted by Gasteiger charge is -2.27. The molecule has 0 bridgehead atoms. The van der Waals surface area contributed by atoms with Crippen LogP contribution in [0.15, 0.2) is 11.8 Å². The summed E-state index contributed by atoms with van der Waals surface area (Å²) in [4.78, 5) is 11.2. The first-order valence-electron chi connectivity index (χ1n) is 14.3. The minimum atomic E-state index is -0.249. The average molecular weight is 482 g/mol. The lowest BCUT2D eigenvalue weighted by Crippen LogP contribution is -2.32. The van der Waals surface area contributed by atoms with Crippen LogP contribution in [0.3, 0.4) is 0 Å². The third-order valence-corrected chi connectivity index (χ3v) is 6.28. The second-order valence-electron chi connectivity index (χ2n) is 10.9. The van der Waals surface area contributed by atoms with Gasteiger partial charge in [0, 0.05) is 19.1 Å². The van der Waals surface area contributed by atoms with Gasteiger partial charge < -0.3 is 19.5 Å². The summed E-state index contributed by atoms with van der Waals surface area (Å²) < 4.78 is 17.8. The molecule has 5 nitrogen and oxygen atoms in total. The van der Waals surface area contributed by atoms with E-state index in [0.29, 0.717) is 13.0 Å². The second-order valence-corrected chi connectivity index (χ2v) is 10.9. The van der Waals surface area contributed by atoms with E-state index >= 15 is 0 Å². The van der Waals surface area contributed by atoms with E-state index in [1.54, 1.807) is 0 Å². The van der Waals surface area contributed by atoms with Crippen LogP contribution in [0.1, 0.15) is 137 Å². The van der Waals surface area contributed by atoms with Crippen LogP contribution in [-0.2, 0) is 19.0 Å². The van der Waals surface area contributed by atoms with Crippen LogP contribution in [0.5, 0.6) is 0 Å². The van der Waals surface area contributed by atoms with Gasteiger partial charge in [-0.3, -0.25) is 4.79 Å². The average Bonchev–Trinajstić information content (AvgIpc) is 2.79. The summed E-state index contributed by atoms with van der Waals surface area (Å²) in [7, 11) is 0. The molecule has 1 aliphatic heterocycles. The zero-order valence-electron chi connectivity index (χ0n) is 22.9. The van der Waals surface area contributed by atoms with Crippen molar-refractivity contribution in [3.63, 3.8) is 0 Å². The number of carbonyl (C=O) groups excluding carboxylic acids is 1. The first kappa shape index (κ1) is 31.0. The number of hydrogen-bond donors (Lipinski definition) is 1. The Morgan fingerprint density at radius 2 is 1.65 bits per heavy atom. The van der Waals surface area contributed by atoms with Crippen LogP contribution in [0, 0.1) is 0 Å². The molecule has 0 aliphatic carbocycles. The molecule has 0 aromatic carbocycles. The van der Waals surface area contributed by atoms with Gasteiger partial charge in [-0.05, 0) is 65.4 Å². The molecule has 0 aromatic rings. The highest BCUT2D eigenvalue weighted by Gasteiger charge is 2.19. The van der Waals surface area contributed by atoms with E-state index in [1.807, 2.05) is 0 Å². The highest BCUT2D eigenvalue weighted by molar-refractivity contribution is 5.46. The number of nitrogens with one attached hydrogen (secondary N) is 1. The SMILES string of the molecule is CCCCCCCCCCCCC/C=C(\CC(CCOC1CCCCO1)NC=O)OC(C)(C)C. The molecule has 1 rings (SSSR count). The third kappa shape index (κ3) is 18.3. The Morgan fingerprint density at radius 1 is 1.00 bits per heavy atom. The van der Waals surface area contributed by atoms with Crippen molar-refractivity contribution in [2.24, 2.45) is 0 Å². The van der Waals surface area contributed by atoms with Gasteiger partial charge in [-0.25, -0.2) is 0 Å². The molecule has 2 atom stereocenters. The van der Waals surface area contributed by atoms with E-state index in [4.69, 9.17) is 14.2 Å². The zero-order chi connectivity index (χ0) is 24.9. The van der Waals surface area contributed by atoms with Crippen LogP contribution < -0.4 is 5.32 Å². The molecule has 1 aliphatic rings. The van der Waals surface area contributed by atoms with Gasteiger partial charge in [0.15, 0.2) is 6.29 Å². The van der Waals surface area contributed by atoms with Gasteiger partial charge in [0.05, 0.1) is 12.4 Å². The number of rotatable bonds is 21. The van der Waals surface area contributed by atoms with E-state index in [2.05, 4.69) is 39.1 Å². The molecule has 0 saturated carbocycles. The molecule has 5 heteroatoms. The van der Waals surface area contributed by atoms with E-state index in [9.17, 15) is 4.79 Å². The van der Waals surface area contributed by atoms with Crippen molar-refractivity contribution in [1.82, 2.24) is 5.32 Å². The standard InChI is InChI=1S/C29H55NO4/c1-5-6-7-8-9-10-11-12-13-14-15-16-19-27(34-29(2,3)4)24-26(30-25-31)21-23-33-28-20-17-18-22-32-28/h19,25-26,28H,5-18,20-24H2,1-4H3,(H,30,31)/b27-19+. The summed E-state index contributed by atoms with van der Waals surface area (Å²) in [6.07, 6.45) is 23.6. The molecule has 34 heavy (non-hydrogen) atoms. The van der Waals surface area contributed by atoms with Gasteiger partial charge in [0.25, 0.3) is 0 Å². The minimum Gasteiger partial charge on any atom is -0.493 e. The fourth-order valence-electron chi connectivity index (χ4n) is 4.40. The molecule has 1 saturated heterocycles. The number of unbranched alkanes of at least 4 members (excludes halogenated alkanes) is 11. The smallest absolute Gasteiger partial charge is 0.207 e. The monoisotopic (exact) mass is 481 g/mol. The topological polar surface area (TPSA) is 56.8 Å². The second kappa shape index (κ2) is 20.2. The lowest BCUT2D eigenvalue weighted by molar-refractivity contribution is -0.163. The quantitative estimate of drug-likeness (QED) is 0.103. The molecular formula is C29H55NO4. The first-order valence-corrected chi connectivity index (χ1v) is 14.3. The summed E-state index contributed by atoms with van der Waals surface area (Å²) in [6.45, 7) is 9.87. The van der Waals surface area contributed by atoms with E-state index in [-0.39, 0.29) is 17.9 Å². The number of hydrogen-bond acceptors (Lipinski definition) is 4. The molecule has 1 fully saturated rings. The Kier molecular flexibility index (Phi) is 18.4. The maximum Gasteiger partial charge on any atom is 0.207 e. The lowest BCUT2D eigenvalue weighted by atomic mass is 10.0. The summed E-state index contributed by atoms with van der Waals surface area (Å²) in [5, 5.41) is 2.96. The van der Waals surface area contributed by atoms with Crippen molar-refractivity contribution in [2.45, 2.75) is 155 Å². The Hall–Kier alpha value is -1.07. The van der Waals surface area contributed by atoms with Gasteiger partial charge in [-0.1, -0.05) is 71.1 Å². The van der Waals surface area contributed by atoms with Crippen molar-refractivity contribution in [3.05, 3.63) is 11.8 Å². The number of ether oxygens (including phenoxy) is 3. The van der Waals surface area contributed by atoms with Crippen molar-refractivity contribution < 1.29 is 19.0 Å². The summed E-state index contributed by atoms with van der Waals surface area (Å²) in [5.74, 6) is 0.979. The summed E-state index contributed by atoms with van der Waals surface area (Å²) in [6, 6.07) is 0.00650. The molecular weight excluding hydrogens is 426 g/mol. The maximum atomic E-state index is 11.2. The molecule has 200 valence electrons. The largest absolute Gasteiger partial charge is 0.493 e. The van der Waals surface area contributed by atoms with Gasteiger partial charge >= 0.3 is 0 Å². The Bertz CT molecular complexity index is 509. The van der Waals surface area contributed by atoms with Crippen molar-refractivity contribution in [3.8, 4) is 0 Å². The van der Waals surface area contributed by atoms with E-state index in [1.165, 1.54) is 70.6 Å². The predicted molar refractivity (Wildman–Crippen MR) is 142 cm³/mol. The third-order valence-electron chi connectivity index (χ3n) is 6.28.